The van der Waals surface area contributed by atoms with E-state index in [0.717, 1.165) is 41.5 Å². The Bertz CT molecular complexity index is 1360. The van der Waals surface area contributed by atoms with Gasteiger partial charge >= 0.3 is 5.97 Å². The number of nitrogens with zero attached hydrogens (tertiary/aromatic N) is 1. The van der Waals surface area contributed by atoms with Gasteiger partial charge < -0.3 is 30.3 Å². The van der Waals surface area contributed by atoms with Crippen LogP contribution in [0.2, 0.25) is 0 Å². The summed E-state index contributed by atoms with van der Waals surface area (Å²) in [6, 6.07) is 15.7. The van der Waals surface area contributed by atoms with Crippen LogP contribution in [0.3, 0.4) is 0 Å². The number of carboxylic acid groups (broad SMARTS) is 1. The Morgan fingerprint density at radius 3 is 2.23 bits per heavy atom. The summed E-state index contributed by atoms with van der Waals surface area (Å²) >= 11 is 0. The molecule has 10 nitrogen and oxygen atoms in total. The predicted octanol–water partition coefficient (Wildman–Crippen LogP) is 5.14. The molecule has 0 bridgehead atoms. The van der Waals surface area contributed by atoms with Gasteiger partial charge in [0.2, 0.25) is 11.8 Å². The van der Waals surface area contributed by atoms with E-state index in [-0.39, 0.29) is 55.1 Å². The molecule has 0 aromatic heterocycles. The third-order valence-corrected chi connectivity index (χ3v) is 9.64. The first-order valence-electron chi connectivity index (χ1n) is 17.1. The van der Waals surface area contributed by atoms with Crippen molar-refractivity contribution < 1.29 is 34.1 Å². The monoisotopic (exact) mass is 649 g/mol. The van der Waals surface area contributed by atoms with Crippen molar-refractivity contribution in [3.05, 3.63) is 70.8 Å². The van der Waals surface area contributed by atoms with Crippen LogP contribution >= 0.6 is 0 Å². The number of hydrogen-bond donors (Lipinski definition) is 4. The van der Waals surface area contributed by atoms with Crippen LogP contribution in [0.5, 0.6) is 0 Å². The third kappa shape index (κ3) is 9.63. The molecule has 1 aliphatic carbocycles. The largest absolute Gasteiger partial charge is 0.481 e. The highest BCUT2D eigenvalue weighted by Crippen LogP contribution is 2.42. The van der Waals surface area contributed by atoms with Gasteiger partial charge in [-0.3, -0.25) is 19.3 Å². The molecule has 3 fully saturated rings. The molecule has 47 heavy (non-hydrogen) atoms. The number of carboxylic acids is 1. The zero-order valence-electron chi connectivity index (χ0n) is 28.0. The molecule has 256 valence electrons. The normalized spacial score (nSPS) is 26.6. The van der Waals surface area contributed by atoms with Gasteiger partial charge in [-0.15, -0.1) is 0 Å². The molecule has 1 saturated carbocycles. The maximum Gasteiger partial charge on any atom is 0.303 e. The molecule has 2 aliphatic heterocycles. The molecule has 10 heteroatoms. The topological polar surface area (TPSA) is 137 Å². The number of amides is 2. The number of aliphatic carboxylic acids is 1. The molecule has 3 aliphatic rings. The molecule has 6 atom stereocenters. The van der Waals surface area contributed by atoms with Gasteiger partial charge in [0.15, 0.2) is 6.29 Å². The van der Waals surface area contributed by atoms with Crippen molar-refractivity contribution in [2.24, 2.45) is 5.92 Å². The summed E-state index contributed by atoms with van der Waals surface area (Å²) < 4.78 is 13.3. The summed E-state index contributed by atoms with van der Waals surface area (Å²) in [5.74, 6) is -0.620. The second kappa shape index (κ2) is 15.7. The molecule has 0 spiro atoms. The Hall–Kier alpha value is -3.31. The van der Waals surface area contributed by atoms with E-state index in [1.165, 1.54) is 19.3 Å². The van der Waals surface area contributed by atoms with E-state index < -0.39 is 12.3 Å². The molecule has 2 aromatic rings. The molecule has 4 N–H and O–H groups in total. The summed E-state index contributed by atoms with van der Waals surface area (Å²) in [5.41, 5.74) is 3.27. The second-order valence-corrected chi connectivity index (χ2v) is 14.4. The van der Waals surface area contributed by atoms with E-state index >= 15 is 0 Å². The van der Waals surface area contributed by atoms with Crippen molar-refractivity contribution in [2.45, 2.75) is 128 Å². The van der Waals surface area contributed by atoms with E-state index in [4.69, 9.17) is 14.6 Å². The Labute approximate surface area is 278 Å². The average Bonchev–Trinajstić information content (AvgIpc) is 3.06. The summed E-state index contributed by atoms with van der Waals surface area (Å²) in [7, 11) is 0. The lowest BCUT2D eigenvalue weighted by molar-refractivity contribution is -0.255. The summed E-state index contributed by atoms with van der Waals surface area (Å²) in [4.78, 5) is 38.9. The molecule has 2 aromatic carbocycles. The number of carbonyl (C=O) groups excluding carboxylic acids is 2. The Kier molecular flexibility index (Phi) is 11.7. The SMILES string of the molecule is CC(C)(C)NC(=O)[C@H]1CC[C@H]2CCCC[C@H]2N1C[C@@H]1C[C@H](c2ccc(CO)cc2)O[C@H](c2ccc(CNC(=O)CCC(=O)O)cc2)O1. The molecular weight excluding hydrogens is 598 g/mol. The number of carbonyl (C=O) groups is 3. The summed E-state index contributed by atoms with van der Waals surface area (Å²) in [6.07, 6.45) is 5.96. The third-order valence-electron chi connectivity index (χ3n) is 9.64. The first-order chi connectivity index (χ1) is 22.5. The number of rotatable bonds is 11. The molecule has 0 unspecified atom stereocenters. The molecule has 5 rings (SSSR count). The Morgan fingerprint density at radius 2 is 1.55 bits per heavy atom. The van der Waals surface area contributed by atoms with Gasteiger partial charge in [-0.05, 0) is 69.1 Å². The number of benzene rings is 2. The minimum absolute atomic E-state index is 0.0257. The number of aliphatic hydroxyl groups is 1. The number of piperidine rings is 1. The smallest absolute Gasteiger partial charge is 0.303 e. The number of ether oxygens (including phenoxy) is 2. The van der Waals surface area contributed by atoms with Crippen LogP contribution in [0.25, 0.3) is 0 Å². The average molecular weight is 650 g/mol. The lowest BCUT2D eigenvalue weighted by Crippen LogP contribution is -2.61. The van der Waals surface area contributed by atoms with Gasteiger partial charge in [0.25, 0.3) is 0 Å². The van der Waals surface area contributed by atoms with Crippen molar-refractivity contribution in [1.29, 1.82) is 0 Å². The fourth-order valence-corrected chi connectivity index (χ4v) is 7.30. The molecule has 2 heterocycles. The first kappa shape index (κ1) is 35.0. The van der Waals surface area contributed by atoms with Crippen LogP contribution in [0.15, 0.2) is 48.5 Å². The molecule has 0 radical (unpaired) electrons. The van der Waals surface area contributed by atoms with E-state index in [0.29, 0.717) is 31.5 Å². The highest BCUT2D eigenvalue weighted by Gasteiger charge is 2.44. The van der Waals surface area contributed by atoms with E-state index in [2.05, 4.69) is 15.5 Å². The number of fused-ring (bicyclic) bond motifs is 1. The molecule has 2 saturated heterocycles. The predicted molar refractivity (Wildman–Crippen MR) is 177 cm³/mol. The van der Waals surface area contributed by atoms with Crippen LogP contribution in [-0.4, -0.2) is 63.2 Å². The standard InChI is InChI=1S/C37H51N3O7/c1-37(2,3)39-35(45)31-17-16-26-6-4-5-7-30(26)40(31)22-29-20-32(27-12-10-25(23-41)11-13-27)47-36(46-29)28-14-8-24(9-15-28)21-38-33(42)18-19-34(43)44/h8-15,26,29-32,36,41H,4-7,16-23H2,1-3H3,(H,38,42)(H,39,45)(H,43,44)/t26-,29+,30-,31-,32-,36-/m1/s1. The first-order valence-corrected chi connectivity index (χ1v) is 17.1. The van der Waals surface area contributed by atoms with Gasteiger partial charge in [-0.1, -0.05) is 61.4 Å². The van der Waals surface area contributed by atoms with Crippen molar-refractivity contribution in [2.75, 3.05) is 6.54 Å². The zero-order valence-corrected chi connectivity index (χ0v) is 28.0. The van der Waals surface area contributed by atoms with Crippen molar-refractivity contribution >= 4 is 17.8 Å². The van der Waals surface area contributed by atoms with Crippen molar-refractivity contribution in [1.82, 2.24) is 15.5 Å². The number of aliphatic hydroxyl groups excluding tert-OH is 1. The number of hydrogen-bond acceptors (Lipinski definition) is 7. The van der Waals surface area contributed by atoms with Gasteiger partial charge in [0, 0.05) is 43.1 Å². The van der Waals surface area contributed by atoms with Gasteiger partial charge in [0.1, 0.15) is 0 Å². The minimum Gasteiger partial charge on any atom is -0.481 e. The van der Waals surface area contributed by atoms with E-state index in [1.54, 1.807) is 0 Å². The van der Waals surface area contributed by atoms with Gasteiger partial charge in [-0.25, -0.2) is 0 Å². The van der Waals surface area contributed by atoms with Crippen LogP contribution < -0.4 is 10.6 Å². The maximum atomic E-state index is 13.7. The second-order valence-electron chi connectivity index (χ2n) is 14.4. The number of likely N-dealkylation sites (tertiary alicyclic amines) is 1. The fraction of sp³-hybridized carbons (Fsp3) is 0.595. The highest BCUT2D eigenvalue weighted by molar-refractivity contribution is 5.82. The minimum atomic E-state index is -1.000. The van der Waals surface area contributed by atoms with Crippen LogP contribution in [0, 0.1) is 5.92 Å². The lowest BCUT2D eigenvalue weighted by atomic mass is 9.75. The van der Waals surface area contributed by atoms with Crippen LogP contribution in [0.4, 0.5) is 0 Å². The molecular formula is C37H51N3O7. The van der Waals surface area contributed by atoms with Crippen LogP contribution in [-0.2, 0) is 37.0 Å². The quantitative estimate of drug-likeness (QED) is 0.263. The maximum absolute atomic E-state index is 13.7. The summed E-state index contributed by atoms with van der Waals surface area (Å²) in [5, 5.41) is 24.4. The lowest BCUT2D eigenvalue weighted by Gasteiger charge is -2.50. The molecule has 2 amide bonds. The van der Waals surface area contributed by atoms with E-state index in [1.807, 2.05) is 69.3 Å². The van der Waals surface area contributed by atoms with Crippen molar-refractivity contribution in [3.63, 3.8) is 0 Å². The van der Waals surface area contributed by atoms with Gasteiger partial charge in [-0.2, -0.15) is 0 Å². The zero-order chi connectivity index (χ0) is 33.6. The Balaban J connectivity index is 1.35. The Morgan fingerprint density at radius 1 is 0.872 bits per heavy atom. The fourth-order valence-electron chi connectivity index (χ4n) is 7.30. The highest BCUT2D eigenvalue weighted by atomic mass is 16.7. The van der Waals surface area contributed by atoms with Crippen LogP contribution in [0.1, 0.15) is 113 Å². The van der Waals surface area contributed by atoms with Gasteiger partial charge in [0.05, 0.1) is 31.3 Å². The van der Waals surface area contributed by atoms with E-state index in [9.17, 15) is 19.5 Å². The number of nitrogens with one attached hydrogen (secondary N) is 2. The summed E-state index contributed by atoms with van der Waals surface area (Å²) in [6.45, 7) is 6.98. The van der Waals surface area contributed by atoms with Crippen molar-refractivity contribution in [3.8, 4) is 0 Å².